The zero-order valence-corrected chi connectivity index (χ0v) is 10.6. The fourth-order valence-electron chi connectivity index (χ4n) is 2.22. The van der Waals surface area contributed by atoms with E-state index in [-0.39, 0.29) is 11.3 Å². The number of rotatable bonds is 1. The summed E-state index contributed by atoms with van der Waals surface area (Å²) >= 11 is 0. The lowest BCUT2D eigenvalue weighted by Crippen LogP contribution is -2.19. The summed E-state index contributed by atoms with van der Waals surface area (Å²) in [7, 11) is 0. The average molecular weight is 220 g/mol. The van der Waals surface area contributed by atoms with Gasteiger partial charge in [-0.1, -0.05) is 20.8 Å². The van der Waals surface area contributed by atoms with Gasteiger partial charge in [0.15, 0.2) is 0 Å². The summed E-state index contributed by atoms with van der Waals surface area (Å²) in [5, 5.41) is 0. The predicted octanol–water partition coefficient (Wildman–Crippen LogP) is 3.27. The minimum absolute atomic E-state index is 0.0586. The molecule has 1 unspecified atom stereocenters. The third-order valence-electron chi connectivity index (χ3n) is 3.40. The van der Waals surface area contributed by atoms with Gasteiger partial charge in [-0.05, 0) is 31.4 Å². The van der Waals surface area contributed by atoms with Crippen LogP contribution in [0.25, 0.3) is 0 Å². The minimum atomic E-state index is 0.0586. The van der Waals surface area contributed by atoms with Crippen LogP contribution in [-0.2, 0) is 23.1 Å². The van der Waals surface area contributed by atoms with Crippen LogP contribution in [0.1, 0.15) is 51.2 Å². The molecule has 1 aliphatic carbocycles. The lowest BCUT2D eigenvalue weighted by Gasteiger charge is -2.18. The van der Waals surface area contributed by atoms with E-state index in [0.29, 0.717) is 5.78 Å². The van der Waals surface area contributed by atoms with E-state index in [4.69, 9.17) is 4.42 Å². The van der Waals surface area contributed by atoms with Crippen molar-refractivity contribution in [2.45, 2.75) is 52.4 Å². The summed E-state index contributed by atoms with van der Waals surface area (Å²) in [6.45, 7) is 8.14. The van der Waals surface area contributed by atoms with E-state index in [0.717, 1.165) is 30.8 Å². The first-order chi connectivity index (χ1) is 7.38. The molecule has 88 valence electrons. The fraction of sp³-hybridized carbons (Fsp3) is 0.643. The van der Waals surface area contributed by atoms with Gasteiger partial charge in [-0.2, -0.15) is 0 Å². The SMILES string of the molecule is CC(=O)C1CCc2cc(C(C)(C)C)oc2C1. The Morgan fingerprint density at radius 3 is 2.69 bits per heavy atom. The van der Waals surface area contributed by atoms with Crippen LogP contribution in [0.5, 0.6) is 0 Å². The van der Waals surface area contributed by atoms with Crippen molar-refractivity contribution >= 4 is 5.78 Å². The Morgan fingerprint density at radius 1 is 1.44 bits per heavy atom. The molecule has 0 saturated heterocycles. The molecule has 2 heteroatoms. The van der Waals surface area contributed by atoms with Crippen molar-refractivity contribution in [2.24, 2.45) is 5.92 Å². The predicted molar refractivity (Wildman–Crippen MR) is 63.6 cm³/mol. The molecule has 0 amide bonds. The Morgan fingerprint density at radius 2 is 2.12 bits per heavy atom. The van der Waals surface area contributed by atoms with Gasteiger partial charge in [0.05, 0.1) is 0 Å². The Hall–Kier alpha value is -1.05. The Labute approximate surface area is 97.0 Å². The molecule has 16 heavy (non-hydrogen) atoms. The van der Waals surface area contributed by atoms with Crippen LogP contribution in [0.15, 0.2) is 10.5 Å². The van der Waals surface area contributed by atoms with E-state index in [1.807, 2.05) is 0 Å². The van der Waals surface area contributed by atoms with E-state index in [1.165, 1.54) is 5.56 Å². The molecule has 0 N–H and O–H groups in total. The summed E-state index contributed by atoms with van der Waals surface area (Å²) in [6.07, 6.45) is 2.76. The normalized spacial score (nSPS) is 20.6. The summed E-state index contributed by atoms with van der Waals surface area (Å²) in [5.41, 5.74) is 1.37. The zero-order chi connectivity index (χ0) is 11.9. The molecule has 2 nitrogen and oxygen atoms in total. The number of fused-ring (bicyclic) bond motifs is 1. The van der Waals surface area contributed by atoms with Gasteiger partial charge in [0, 0.05) is 17.8 Å². The van der Waals surface area contributed by atoms with Crippen molar-refractivity contribution in [1.29, 1.82) is 0 Å². The fourth-order valence-corrected chi connectivity index (χ4v) is 2.22. The highest BCUT2D eigenvalue weighted by Gasteiger charge is 2.28. The molecule has 0 radical (unpaired) electrons. The summed E-state index contributed by atoms with van der Waals surface area (Å²) < 4.78 is 5.90. The summed E-state index contributed by atoms with van der Waals surface area (Å²) in [6, 6.07) is 2.17. The van der Waals surface area contributed by atoms with Crippen LogP contribution in [0, 0.1) is 5.92 Å². The van der Waals surface area contributed by atoms with E-state index < -0.39 is 0 Å². The third kappa shape index (κ3) is 2.06. The largest absolute Gasteiger partial charge is 0.465 e. The van der Waals surface area contributed by atoms with Crippen molar-refractivity contribution in [1.82, 2.24) is 0 Å². The highest BCUT2D eigenvalue weighted by Crippen LogP contribution is 2.33. The smallest absolute Gasteiger partial charge is 0.133 e. The summed E-state index contributed by atoms with van der Waals surface area (Å²) in [4.78, 5) is 11.4. The van der Waals surface area contributed by atoms with Crippen LogP contribution in [0.4, 0.5) is 0 Å². The Kier molecular flexibility index (Phi) is 2.69. The van der Waals surface area contributed by atoms with Gasteiger partial charge >= 0.3 is 0 Å². The second-order valence-electron chi connectivity index (χ2n) is 5.86. The highest BCUT2D eigenvalue weighted by molar-refractivity contribution is 5.78. The molecule has 1 aromatic rings. The molecule has 2 rings (SSSR count). The number of aryl methyl sites for hydroxylation is 1. The van der Waals surface area contributed by atoms with Crippen molar-refractivity contribution in [3.05, 3.63) is 23.2 Å². The standard InChI is InChI=1S/C14H20O2/c1-9(15)10-5-6-11-8-13(14(2,3)4)16-12(11)7-10/h8,10H,5-7H2,1-4H3. The topological polar surface area (TPSA) is 30.2 Å². The molecule has 0 bridgehead atoms. The number of Topliss-reactive ketones (excluding diaryl/α,β-unsaturated/α-hetero) is 1. The monoisotopic (exact) mass is 220 g/mol. The molecule has 1 heterocycles. The maximum Gasteiger partial charge on any atom is 0.133 e. The van der Waals surface area contributed by atoms with Crippen LogP contribution in [-0.4, -0.2) is 5.78 Å². The molecule has 1 aromatic heterocycles. The van der Waals surface area contributed by atoms with Gasteiger partial charge in [0.1, 0.15) is 17.3 Å². The van der Waals surface area contributed by atoms with Gasteiger partial charge in [0.25, 0.3) is 0 Å². The maximum absolute atomic E-state index is 11.4. The number of hydrogen-bond acceptors (Lipinski definition) is 2. The van der Waals surface area contributed by atoms with Crippen molar-refractivity contribution in [3.8, 4) is 0 Å². The molecule has 0 fully saturated rings. The van der Waals surface area contributed by atoms with Gasteiger partial charge in [-0.3, -0.25) is 4.79 Å². The molecule has 1 aliphatic rings. The third-order valence-corrected chi connectivity index (χ3v) is 3.40. The van der Waals surface area contributed by atoms with Gasteiger partial charge in [-0.15, -0.1) is 0 Å². The zero-order valence-electron chi connectivity index (χ0n) is 10.6. The van der Waals surface area contributed by atoms with E-state index in [1.54, 1.807) is 6.92 Å². The molecular weight excluding hydrogens is 200 g/mol. The molecule has 0 saturated carbocycles. The molecular formula is C14H20O2. The number of carbonyl (C=O) groups is 1. The molecule has 0 spiro atoms. The maximum atomic E-state index is 11.4. The lowest BCUT2D eigenvalue weighted by atomic mass is 9.85. The van der Waals surface area contributed by atoms with Gasteiger partial charge in [0.2, 0.25) is 0 Å². The van der Waals surface area contributed by atoms with E-state index in [2.05, 4.69) is 26.8 Å². The van der Waals surface area contributed by atoms with Crippen molar-refractivity contribution < 1.29 is 9.21 Å². The summed E-state index contributed by atoms with van der Waals surface area (Å²) in [5.74, 6) is 2.55. The number of furan rings is 1. The minimum Gasteiger partial charge on any atom is -0.465 e. The number of carbonyl (C=O) groups excluding carboxylic acids is 1. The second-order valence-corrected chi connectivity index (χ2v) is 5.86. The van der Waals surface area contributed by atoms with Crippen LogP contribution in [0.3, 0.4) is 0 Å². The number of ketones is 1. The van der Waals surface area contributed by atoms with Gasteiger partial charge in [-0.25, -0.2) is 0 Å². The van der Waals surface area contributed by atoms with Crippen LogP contribution >= 0.6 is 0 Å². The Bertz CT molecular complexity index is 407. The molecule has 1 atom stereocenters. The number of hydrogen-bond donors (Lipinski definition) is 0. The lowest BCUT2D eigenvalue weighted by molar-refractivity contribution is -0.121. The molecule has 0 aromatic carbocycles. The van der Waals surface area contributed by atoms with Crippen molar-refractivity contribution in [3.63, 3.8) is 0 Å². The van der Waals surface area contributed by atoms with Gasteiger partial charge < -0.3 is 4.42 Å². The highest BCUT2D eigenvalue weighted by atomic mass is 16.3. The first-order valence-electron chi connectivity index (χ1n) is 6.00. The van der Waals surface area contributed by atoms with Crippen molar-refractivity contribution in [2.75, 3.05) is 0 Å². The second kappa shape index (κ2) is 3.76. The van der Waals surface area contributed by atoms with E-state index >= 15 is 0 Å². The first kappa shape index (κ1) is 11.4. The van der Waals surface area contributed by atoms with Crippen LogP contribution in [0.2, 0.25) is 0 Å². The molecule has 0 aliphatic heterocycles. The average Bonchev–Trinajstić information content (AvgIpc) is 2.58. The van der Waals surface area contributed by atoms with Crippen LogP contribution < -0.4 is 0 Å². The quantitative estimate of drug-likeness (QED) is 0.727. The van der Waals surface area contributed by atoms with E-state index in [9.17, 15) is 4.79 Å². The Balaban J connectivity index is 2.27. The first-order valence-corrected chi connectivity index (χ1v) is 6.00.